The van der Waals surface area contributed by atoms with Crippen LogP contribution in [0.5, 0.6) is 0 Å². The number of aromatic nitrogens is 4. The van der Waals surface area contributed by atoms with E-state index < -0.39 is 0 Å². The molecule has 0 unspecified atom stereocenters. The summed E-state index contributed by atoms with van der Waals surface area (Å²) < 4.78 is 5.27. The highest BCUT2D eigenvalue weighted by molar-refractivity contribution is 6.28. The number of aryl methyl sites for hydroxylation is 2. The second kappa shape index (κ2) is 5.05. The maximum absolute atomic E-state index is 5.92. The highest BCUT2D eigenvalue weighted by Crippen LogP contribution is 2.20. The average molecular weight is 290 g/mol. The Kier molecular flexibility index (Phi) is 3.23. The predicted octanol–water partition coefficient (Wildman–Crippen LogP) is 2.90. The molecule has 0 radical (unpaired) electrons. The molecule has 0 aliphatic carbocycles. The van der Waals surface area contributed by atoms with E-state index in [9.17, 15) is 0 Å². The Labute approximate surface area is 120 Å². The van der Waals surface area contributed by atoms with Crippen LogP contribution in [0, 0.1) is 13.8 Å². The molecular formula is C13H12ClN5O. The van der Waals surface area contributed by atoms with Gasteiger partial charge in [-0.25, -0.2) is 9.97 Å². The van der Waals surface area contributed by atoms with E-state index in [1.165, 1.54) is 0 Å². The Balaban J connectivity index is 2.02. The number of rotatable bonds is 3. The third-order valence-corrected chi connectivity index (χ3v) is 3.09. The molecule has 3 aromatic rings. The summed E-state index contributed by atoms with van der Waals surface area (Å²) >= 11 is 5.92. The lowest BCUT2D eigenvalue weighted by molar-refractivity contribution is 0.518. The van der Waals surface area contributed by atoms with Crippen molar-refractivity contribution >= 4 is 28.6 Å². The molecule has 0 aliphatic rings. The first-order valence-electron chi connectivity index (χ1n) is 6.08. The highest BCUT2D eigenvalue weighted by Gasteiger charge is 2.11. The molecule has 6 nitrogen and oxygen atoms in total. The number of anilines is 1. The van der Waals surface area contributed by atoms with Crippen LogP contribution in [0.1, 0.15) is 17.1 Å². The molecule has 0 saturated carbocycles. The number of hydrogen-bond donors (Lipinski definition) is 1. The standard InChI is InChI=1S/C13H12ClN5O/c1-7-8(2)17-12-10(16-7)11(18-13(14)19-12)15-6-9-4-3-5-20-9/h3-5H,6H2,1-2H3,(H,15,17,18,19). The molecule has 1 N–H and O–H groups in total. The van der Waals surface area contributed by atoms with Gasteiger partial charge in [0.05, 0.1) is 24.2 Å². The first-order valence-corrected chi connectivity index (χ1v) is 6.46. The summed E-state index contributed by atoms with van der Waals surface area (Å²) in [6.45, 7) is 4.27. The SMILES string of the molecule is Cc1nc2nc(Cl)nc(NCc3ccco3)c2nc1C. The van der Waals surface area contributed by atoms with Crippen LogP contribution in [0.4, 0.5) is 5.82 Å². The Bertz CT molecular complexity index is 757. The monoisotopic (exact) mass is 289 g/mol. The smallest absolute Gasteiger partial charge is 0.226 e. The van der Waals surface area contributed by atoms with Crippen molar-refractivity contribution in [3.63, 3.8) is 0 Å². The maximum atomic E-state index is 5.92. The summed E-state index contributed by atoms with van der Waals surface area (Å²) in [4.78, 5) is 17.1. The van der Waals surface area contributed by atoms with Crippen LogP contribution in [-0.2, 0) is 6.54 Å². The molecule has 0 fully saturated rings. The van der Waals surface area contributed by atoms with Crippen molar-refractivity contribution in [2.45, 2.75) is 20.4 Å². The number of nitrogens with one attached hydrogen (secondary N) is 1. The number of furan rings is 1. The van der Waals surface area contributed by atoms with Crippen LogP contribution < -0.4 is 5.32 Å². The Morgan fingerprint density at radius 3 is 2.70 bits per heavy atom. The summed E-state index contributed by atoms with van der Waals surface area (Å²) in [5.74, 6) is 1.34. The molecular weight excluding hydrogens is 278 g/mol. The fourth-order valence-electron chi connectivity index (χ4n) is 1.79. The summed E-state index contributed by atoms with van der Waals surface area (Å²) in [5.41, 5.74) is 2.74. The van der Waals surface area contributed by atoms with Gasteiger partial charge in [-0.05, 0) is 37.6 Å². The van der Waals surface area contributed by atoms with Crippen molar-refractivity contribution in [3.05, 3.63) is 40.8 Å². The van der Waals surface area contributed by atoms with E-state index in [4.69, 9.17) is 16.0 Å². The van der Waals surface area contributed by atoms with Crippen molar-refractivity contribution in [3.8, 4) is 0 Å². The van der Waals surface area contributed by atoms with Gasteiger partial charge in [-0.2, -0.15) is 9.97 Å². The van der Waals surface area contributed by atoms with Crippen LogP contribution in [0.15, 0.2) is 22.8 Å². The first-order chi connectivity index (χ1) is 9.63. The molecule has 20 heavy (non-hydrogen) atoms. The fraction of sp³-hybridized carbons (Fsp3) is 0.231. The van der Waals surface area contributed by atoms with Gasteiger partial charge < -0.3 is 9.73 Å². The molecule has 0 bridgehead atoms. The van der Waals surface area contributed by atoms with Crippen LogP contribution in [0.3, 0.4) is 0 Å². The maximum Gasteiger partial charge on any atom is 0.226 e. The van der Waals surface area contributed by atoms with E-state index in [0.29, 0.717) is 23.5 Å². The Morgan fingerprint density at radius 1 is 1.15 bits per heavy atom. The summed E-state index contributed by atoms with van der Waals surface area (Å²) in [6, 6.07) is 3.70. The van der Waals surface area contributed by atoms with Gasteiger partial charge in [0.2, 0.25) is 5.28 Å². The van der Waals surface area contributed by atoms with Gasteiger partial charge in [-0.1, -0.05) is 0 Å². The van der Waals surface area contributed by atoms with Crippen molar-refractivity contribution in [1.82, 2.24) is 19.9 Å². The third-order valence-electron chi connectivity index (χ3n) is 2.93. The van der Waals surface area contributed by atoms with Crippen molar-refractivity contribution in [1.29, 1.82) is 0 Å². The number of fused-ring (bicyclic) bond motifs is 1. The number of halogens is 1. The lowest BCUT2D eigenvalue weighted by Gasteiger charge is -2.08. The molecule has 102 valence electrons. The van der Waals surface area contributed by atoms with Gasteiger partial charge in [0.25, 0.3) is 0 Å². The molecule has 0 aromatic carbocycles. The van der Waals surface area contributed by atoms with E-state index in [2.05, 4.69) is 25.3 Å². The molecule has 3 rings (SSSR count). The predicted molar refractivity (Wildman–Crippen MR) is 75.6 cm³/mol. The molecule has 3 aromatic heterocycles. The summed E-state index contributed by atoms with van der Waals surface area (Å²) in [5, 5.41) is 3.28. The highest BCUT2D eigenvalue weighted by atomic mass is 35.5. The van der Waals surface area contributed by atoms with Gasteiger partial charge in [-0.15, -0.1) is 0 Å². The van der Waals surface area contributed by atoms with E-state index >= 15 is 0 Å². The Morgan fingerprint density at radius 2 is 1.95 bits per heavy atom. The minimum atomic E-state index is 0.136. The van der Waals surface area contributed by atoms with E-state index in [1.807, 2.05) is 26.0 Å². The van der Waals surface area contributed by atoms with Crippen LogP contribution >= 0.6 is 11.6 Å². The topological polar surface area (TPSA) is 76.7 Å². The van der Waals surface area contributed by atoms with Gasteiger partial charge in [-0.3, -0.25) is 0 Å². The largest absolute Gasteiger partial charge is 0.467 e. The van der Waals surface area contributed by atoms with Crippen molar-refractivity contribution in [2.24, 2.45) is 0 Å². The first kappa shape index (κ1) is 12.8. The lowest BCUT2D eigenvalue weighted by atomic mass is 10.3. The quantitative estimate of drug-likeness (QED) is 0.747. The van der Waals surface area contributed by atoms with Crippen LogP contribution in [0.2, 0.25) is 5.28 Å². The van der Waals surface area contributed by atoms with E-state index in [-0.39, 0.29) is 5.28 Å². The lowest BCUT2D eigenvalue weighted by Crippen LogP contribution is -2.05. The van der Waals surface area contributed by atoms with E-state index in [1.54, 1.807) is 6.26 Å². The molecule has 0 amide bonds. The summed E-state index contributed by atoms with van der Waals surface area (Å²) in [7, 11) is 0. The van der Waals surface area contributed by atoms with E-state index in [0.717, 1.165) is 17.1 Å². The third kappa shape index (κ3) is 2.42. The van der Waals surface area contributed by atoms with Gasteiger partial charge in [0.1, 0.15) is 5.76 Å². The normalized spacial score (nSPS) is 10.9. The second-order valence-electron chi connectivity index (χ2n) is 4.34. The minimum absolute atomic E-state index is 0.136. The van der Waals surface area contributed by atoms with Gasteiger partial charge in [0, 0.05) is 0 Å². The Hall–Kier alpha value is -2.21. The zero-order chi connectivity index (χ0) is 14.1. The number of nitrogens with zero attached hydrogens (tertiary/aromatic N) is 4. The van der Waals surface area contributed by atoms with Crippen LogP contribution in [0.25, 0.3) is 11.2 Å². The second-order valence-corrected chi connectivity index (χ2v) is 4.68. The van der Waals surface area contributed by atoms with Crippen LogP contribution in [-0.4, -0.2) is 19.9 Å². The van der Waals surface area contributed by atoms with Crippen molar-refractivity contribution in [2.75, 3.05) is 5.32 Å². The zero-order valence-corrected chi connectivity index (χ0v) is 11.8. The average Bonchev–Trinajstić information content (AvgIpc) is 2.91. The number of hydrogen-bond acceptors (Lipinski definition) is 6. The summed E-state index contributed by atoms with van der Waals surface area (Å²) in [6.07, 6.45) is 1.62. The molecule has 7 heteroatoms. The fourth-order valence-corrected chi connectivity index (χ4v) is 1.96. The minimum Gasteiger partial charge on any atom is -0.467 e. The zero-order valence-electron chi connectivity index (χ0n) is 11.0. The molecule has 3 heterocycles. The molecule has 0 saturated heterocycles. The molecule has 0 spiro atoms. The van der Waals surface area contributed by atoms with Gasteiger partial charge in [0.15, 0.2) is 17.0 Å². The molecule has 0 atom stereocenters. The van der Waals surface area contributed by atoms with Gasteiger partial charge >= 0.3 is 0 Å². The molecule has 0 aliphatic heterocycles. The van der Waals surface area contributed by atoms with Crippen molar-refractivity contribution < 1.29 is 4.42 Å².